The van der Waals surface area contributed by atoms with Gasteiger partial charge in [-0.05, 0) is 50.2 Å². The van der Waals surface area contributed by atoms with Crippen LogP contribution in [0.15, 0.2) is 78.2 Å². The number of para-hydroxylation sites is 1. The number of hydrogen-bond acceptors (Lipinski definition) is 8. The van der Waals surface area contributed by atoms with Crippen LogP contribution in [0.3, 0.4) is 0 Å². The summed E-state index contributed by atoms with van der Waals surface area (Å²) in [5.74, 6) is 0.353. The van der Waals surface area contributed by atoms with Crippen LogP contribution in [-0.2, 0) is 9.53 Å². The van der Waals surface area contributed by atoms with Crippen LogP contribution in [0.1, 0.15) is 22.8 Å². The first kappa shape index (κ1) is 24.2. The van der Waals surface area contributed by atoms with Gasteiger partial charge in [-0.1, -0.05) is 41.6 Å². The summed E-state index contributed by atoms with van der Waals surface area (Å²) < 4.78 is 6.90. The molecule has 0 amide bonds. The lowest BCUT2D eigenvalue weighted by Gasteiger charge is -2.12. The first-order chi connectivity index (χ1) is 17.1. The van der Waals surface area contributed by atoms with Crippen molar-refractivity contribution in [3.63, 3.8) is 0 Å². The molecule has 0 aliphatic heterocycles. The maximum atomic E-state index is 13.1. The van der Waals surface area contributed by atoms with Crippen molar-refractivity contribution >= 4 is 29.2 Å². The second-order valence-corrected chi connectivity index (χ2v) is 8.57. The van der Waals surface area contributed by atoms with Gasteiger partial charge < -0.3 is 10.1 Å². The monoisotopic (exact) mass is 487 g/mol. The summed E-state index contributed by atoms with van der Waals surface area (Å²) in [4.78, 5) is 28.9. The van der Waals surface area contributed by atoms with E-state index in [-0.39, 0.29) is 24.1 Å². The Morgan fingerprint density at radius 1 is 1.00 bits per heavy atom. The van der Waals surface area contributed by atoms with Gasteiger partial charge >= 0.3 is 5.97 Å². The van der Waals surface area contributed by atoms with Gasteiger partial charge in [-0.15, -0.1) is 10.2 Å². The van der Waals surface area contributed by atoms with E-state index in [1.807, 2.05) is 54.0 Å². The van der Waals surface area contributed by atoms with E-state index < -0.39 is 0 Å². The van der Waals surface area contributed by atoms with E-state index in [1.165, 1.54) is 11.8 Å². The minimum absolute atomic E-state index is 0.0116. The summed E-state index contributed by atoms with van der Waals surface area (Å²) in [5.41, 5.74) is 4.01. The molecular weight excluding hydrogens is 462 g/mol. The molecule has 178 valence electrons. The smallest absolute Gasteiger partial charge is 0.325 e. The van der Waals surface area contributed by atoms with Crippen molar-refractivity contribution in [2.75, 3.05) is 24.2 Å². The van der Waals surface area contributed by atoms with Gasteiger partial charge in [0.2, 0.25) is 0 Å². The number of benzene rings is 2. The van der Waals surface area contributed by atoms with Crippen LogP contribution in [-0.4, -0.2) is 50.4 Å². The number of thioether (sulfide) groups is 1. The normalized spacial score (nSPS) is 10.7. The van der Waals surface area contributed by atoms with E-state index in [4.69, 9.17) is 4.74 Å². The molecule has 0 fully saturated rings. The van der Waals surface area contributed by atoms with E-state index in [9.17, 15) is 9.59 Å². The highest BCUT2D eigenvalue weighted by Gasteiger charge is 2.19. The fourth-order valence-electron chi connectivity index (χ4n) is 3.45. The van der Waals surface area contributed by atoms with Gasteiger partial charge in [-0.3, -0.25) is 19.1 Å². The van der Waals surface area contributed by atoms with Gasteiger partial charge in [0.15, 0.2) is 16.8 Å². The number of carbonyl (C=O) groups is 2. The van der Waals surface area contributed by atoms with Gasteiger partial charge in [0, 0.05) is 34.9 Å². The molecule has 35 heavy (non-hydrogen) atoms. The molecular formula is C26H25N5O3S. The number of ketones is 1. The van der Waals surface area contributed by atoms with E-state index in [0.717, 1.165) is 16.8 Å². The Labute approximate surface area is 207 Å². The fourth-order valence-corrected chi connectivity index (χ4v) is 4.28. The maximum Gasteiger partial charge on any atom is 0.325 e. The standard InChI is InChI=1S/C26H25N5O3S/c1-3-34-24(33)16-28-22-7-5-4-6-21(22)23(32)17-35-26-30-29-25(19-12-14-27-15-13-19)31(26)20-10-8-18(2)9-11-20/h4-15,28H,3,16-17H2,1-2H3. The molecule has 4 rings (SSSR count). The molecule has 0 atom stereocenters. The second kappa shape index (κ2) is 11.4. The van der Waals surface area contributed by atoms with Crippen molar-refractivity contribution in [1.82, 2.24) is 19.7 Å². The van der Waals surface area contributed by atoms with Crippen LogP contribution in [0.2, 0.25) is 0 Å². The van der Waals surface area contributed by atoms with Gasteiger partial charge in [-0.2, -0.15) is 0 Å². The van der Waals surface area contributed by atoms with Crippen molar-refractivity contribution in [3.8, 4) is 17.1 Å². The van der Waals surface area contributed by atoms with Gasteiger partial charge in [0.1, 0.15) is 6.54 Å². The molecule has 0 saturated carbocycles. The summed E-state index contributed by atoms with van der Waals surface area (Å²) in [6.07, 6.45) is 3.42. The summed E-state index contributed by atoms with van der Waals surface area (Å²) >= 11 is 1.31. The van der Waals surface area contributed by atoms with Crippen LogP contribution in [0.4, 0.5) is 5.69 Å². The van der Waals surface area contributed by atoms with Crippen molar-refractivity contribution in [3.05, 3.63) is 84.2 Å². The number of esters is 1. The first-order valence-corrected chi connectivity index (χ1v) is 12.1. The molecule has 2 heterocycles. The van der Waals surface area contributed by atoms with Crippen LogP contribution in [0, 0.1) is 6.92 Å². The molecule has 0 aliphatic carbocycles. The Bertz CT molecular complexity index is 1310. The Balaban J connectivity index is 1.57. The largest absolute Gasteiger partial charge is 0.465 e. The van der Waals surface area contributed by atoms with E-state index in [1.54, 1.807) is 37.5 Å². The number of nitrogens with one attached hydrogen (secondary N) is 1. The summed E-state index contributed by atoms with van der Waals surface area (Å²) in [6.45, 7) is 4.08. The number of Topliss-reactive ketones (excluding diaryl/α,β-unsaturated/α-hetero) is 1. The topological polar surface area (TPSA) is 99.0 Å². The Morgan fingerprint density at radius 3 is 2.49 bits per heavy atom. The molecule has 2 aromatic heterocycles. The quantitative estimate of drug-likeness (QED) is 0.197. The van der Waals surface area contributed by atoms with E-state index in [2.05, 4.69) is 20.5 Å². The van der Waals surface area contributed by atoms with Crippen LogP contribution < -0.4 is 5.32 Å². The molecule has 0 bridgehead atoms. The summed E-state index contributed by atoms with van der Waals surface area (Å²) in [6, 6.07) is 18.9. The van der Waals surface area contributed by atoms with Crippen LogP contribution in [0.25, 0.3) is 17.1 Å². The molecule has 0 radical (unpaired) electrons. The lowest BCUT2D eigenvalue weighted by Crippen LogP contribution is -2.18. The molecule has 4 aromatic rings. The molecule has 2 aromatic carbocycles. The van der Waals surface area contributed by atoms with E-state index in [0.29, 0.717) is 28.8 Å². The molecule has 0 spiro atoms. The summed E-state index contributed by atoms with van der Waals surface area (Å²) in [5, 5.41) is 12.4. The highest BCUT2D eigenvalue weighted by Crippen LogP contribution is 2.29. The highest BCUT2D eigenvalue weighted by atomic mass is 32.2. The lowest BCUT2D eigenvalue weighted by molar-refractivity contribution is -0.140. The Kier molecular flexibility index (Phi) is 7.89. The number of carbonyl (C=O) groups excluding carboxylic acids is 2. The van der Waals surface area contributed by atoms with Gasteiger partial charge in [-0.25, -0.2) is 0 Å². The number of pyridine rings is 1. The fraction of sp³-hybridized carbons (Fsp3) is 0.192. The minimum Gasteiger partial charge on any atom is -0.465 e. The first-order valence-electron chi connectivity index (χ1n) is 11.1. The number of aryl methyl sites for hydroxylation is 1. The third-order valence-corrected chi connectivity index (χ3v) is 6.08. The number of rotatable bonds is 10. The maximum absolute atomic E-state index is 13.1. The van der Waals surface area contributed by atoms with Gasteiger partial charge in [0.25, 0.3) is 0 Å². The second-order valence-electron chi connectivity index (χ2n) is 7.63. The average Bonchev–Trinajstić information content (AvgIpc) is 3.31. The third kappa shape index (κ3) is 5.93. The molecule has 8 nitrogen and oxygen atoms in total. The number of aromatic nitrogens is 4. The van der Waals surface area contributed by atoms with Crippen LogP contribution in [0.5, 0.6) is 0 Å². The Hall–Kier alpha value is -3.98. The van der Waals surface area contributed by atoms with Crippen molar-refractivity contribution < 1.29 is 14.3 Å². The molecule has 0 aliphatic rings. The zero-order valence-corrected chi connectivity index (χ0v) is 20.3. The molecule has 9 heteroatoms. The minimum atomic E-state index is -0.376. The van der Waals surface area contributed by atoms with Crippen molar-refractivity contribution in [2.24, 2.45) is 0 Å². The number of ether oxygens (including phenoxy) is 1. The van der Waals surface area contributed by atoms with E-state index >= 15 is 0 Å². The predicted octanol–water partition coefficient (Wildman–Crippen LogP) is 4.59. The number of hydrogen-bond donors (Lipinski definition) is 1. The van der Waals surface area contributed by atoms with Crippen molar-refractivity contribution in [1.29, 1.82) is 0 Å². The zero-order chi connectivity index (χ0) is 24.6. The lowest BCUT2D eigenvalue weighted by atomic mass is 10.1. The highest BCUT2D eigenvalue weighted by molar-refractivity contribution is 7.99. The third-order valence-electron chi connectivity index (χ3n) is 5.15. The molecule has 1 N–H and O–H groups in total. The SMILES string of the molecule is CCOC(=O)CNc1ccccc1C(=O)CSc1nnc(-c2ccncc2)n1-c1ccc(C)cc1. The van der Waals surface area contributed by atoms with Gasteiger partial charge in [0.05, 0.1) is 12.4 Å². The number of nitrogens with zero attached hydrogens (tertiary/aromatic N) is 4. The Morgan fingerprint density at radius 2 is 1.74 bits per heavy atom. The summed E-state index contributed by atoms with van der Waals surface area (Å²) in [7, 11) is 0. The number of anilines is 1. The molecule has 0 unspecified atom stereocenters. The molecule has 0 saturated heterocycles. The average molecular weight is 488 g/mol. The van der Waals surface area contributed by atoms with Crippen molar-refractivity contribution in [2.45, 2.75) is 19.0 Å². The predicted molar refractivity (Wildman–Crippen MR) is 136 cm³/mol. The van der Waals surface area contributed by atoms with Crippen LogP contribution >= 0.6 is 11.8 Å². The zero-order valence-electron chi connectivity index (χ0n) is 19.5.